The molecule has 0 spiro atoms. The Bertz CT molecular complexity index is 882. The van der Waals surface area contributed by atoms with Gasteiger partial charge in [-0.1, -0.05) is 30.5 Å². The van der Waals surface area contributed by atoms with E-state index >= 15 is 0 Å². The van der Waals surface area contributed by atoms with Crippen LogP contribution < -0.4 is 10.2 Å². The molecule has 0 bridgehead atoms. The molecule has 5 atom stereocenters. The number of nitrogens with zero attached hydrogens (tertiary/aromatic N) is 2. The molecule has 1 aromatic carbocycles. The molecule has 3 heterocycles. The SMILES string of the molecule is Cc1ccc(N2C(=O)C3OC4CCCCC4C3N(CC(=O)NCC3CCCO3)C2=O)cc1. The fourth-order valence-electron chi connectivity index (χ4n) is 5.60. The van der Waals surface area contributed by atoms with Crippen LogP contribution in [0.5, 0.6) is 0 Å². The number of fused-ring (bicyclic) bond motifs is 3. The highest BCUT2D eigenvalue weighted by atomic mass is 16.5. The van der Waals surface area contributed by atoms with Crippen LogP contribution in [0.1, 0.15) is 44.1 Å². The number of hydrogen-bond donors (Lipinski definition) is 1. The summed E-state index contributed by atoms with van der Waals surface area (Å²) in [6.07, 6.45) is 5.12. The van der Waals surface area contributed by atoms with Crippen molar-refractivity contribution in [3.05, 3.63) is 29.8 Å². The van der Waals surface area contributed by atoms with Gasteiger partial charge in [-0.3, -0.25) is 9.59 Å². The van der Waals surface area contributed by atoms with Crippen LogP contribution in [0.2, 0.25) is 0 Å². The number of hydrogen-bond acceptors (Lipinski definition) is 5. The molecular weight excluding hydrogens is 410 g/mol. The van der Waals surface area contributed by atoms with Crippen molar-refractivity contribution < 1.29 is 23.9 Å². The first-order valence-electron chi connectivity index (χ1n) is 11.8. The van der Waals surface area contributed by atoms with Crippen molar-refractivity contribution >= 4 is 23.5 Å². The van der Waals surface area contributed by atoms with Gasteiger partial charge in [0.2, 0.25) is 5.91 Å². The smallest absolute Gasteiger partial charge is 0.332 e. The van der Waals surface area contributed by atoms with Crippen LogP contribution >= 0.6 is 0 Å². The van der Waals surface area contributed by atoms with Crippen LogP contribution in [0.4, 0.5) is 10.5 Å². The van der Waals surface area contributed by atoms with Gasteiger partial charge in [0.25, 0.3) is 5.91 Å². The van der Waals surface area contributed by atoms with E-state index < -0.39 is 18.2 Å². The number of urea groups is 1. The molecule has 4 aliphatic rings. The second kappa shape index (κ2) is 8.83. The number of benzene rings is 1. The van der Waals surface area contributed by atoms with E-state index in [4.69, 9.17) is 9.47 Å². The van der Waals surface area contributed by atoms with Gasteiger partial charge in [-0.2, -0.15) is 0 Å². The minimum atomic E-state index is -0.729. The quantitative estimate of drug-likeness (QED) is 0.758. The third-order valence-corrected chi connectivity index (χ3v) is 7.24. The number of anilines is 1. The zero-order chi connectivity index (χ0) is 22.2. The number of rotatable bonds is 5. The fraction of sp³-hybridized carbons (Fsp3) is 0.625. The first-order chi connectivity index (χ1) is 15.5. The highest BCUT2D eigenvalue weighted by Crippen LogP contribution is 2.43. The molecule has 172 valence electrons. The molecule has 32 heavy (non-hydrogen) atoms. The summed E-state index contributed by atoms with van der Waals surface area (Å²) in [6, 6.07) is 6.44. The van der Waals surface area contributed by atoms with Gasteiger partial charge >= 0.3 is 6.03 Å². The average Bonchev–Trinajstić information content (AvgIpc) is 3.45. The van der Waals surface area contributed by atoms with E-state index in [-0.39, 0.29) is 36.5 Å². The first-order valence-corrected chi connectivity index (χ1v) is 11.8. The molecule has 1 aliphatic carbocycles. The molecule has 8 nitrogen and oxygen atoms in total. The maximum Gasteiger partial charge on any atom is 0.332 e. The van der Waals surface area contributed by atoms with E-state index in [9.17, 15) is 14.4 Å². The van der Waals surface area contributed by atoms with Crippen molar-refractivity contribution in [2.75, 3.05) is 24.6 Å². The third-order valence-electron chi connectivity index (χ3n) is 7.24. The van der Waals surface area contributed by atoms with Gasteiger partial charge in [-0.15, -0.1) is 0 Å². The Hall–Kier alpha value is -2.45. The molecule has 1 saturated carbocycles. The predicted molar refractivity (Wildman–Crippen MR) is 117 cm³/mol. The number of carbonyl (C=O) groups is 3. The summed E-state index contributed by atoms with van der Waals surface area (Å²) in [5.74, 6) is -0.466. The van der Waals surface area contributed by atoms with Gasteiger partial charge in [0.1, 0.15) is 6.54 Å². The summed E-state index contributed by atoms with van der Waals surface area (Å²) >= 11 is 0. The third kappa shape index (κ3) is 3.90. The number of nitrogens with one attached hydrogen (secondary N) is 1. The molecule has 0 aromatic heterocycles. The Morgan fingerprint density at radius 1 is 1.09 bits per heavy atom. The minimum absolute atomic E-state index is 0.0342. The number of carbonyl (C=O) groups excluding carboxylic acids is 3. The summed E-state index contributed by atoms with van der Waals surface area (Å²) in [6.45, 7) is 3.03. The lowest BCUT2D eigenvalue weighted by Gasteiger charge is -2.43. The second-order valence-electron chi connectivity index (χ2n) is 9.39. The Morgan fingerprint density at radius 3 is 2.62 bits per heavy atom. The van der Waals surface area contributed by atoms with Crippen molar-refractivity contribution in [1.29, 1.82) is 0 Å². The first kappa shape index (κ1) is 21.4. The van der Waals surface area contributed by atoms with Gasteiger partial charge in [0, 0.05) is 19.1 Å². The molecule has 4 fully saturated rings. The lowest BCUT2D eigenvalue weighted by molar-refractivity contribution is -0.134. The van der Waals surface area contributed by atoms with Crippen LogP contribution in [0.25, 0.3) is 0 Å². The topological polar surface area (TPSA) is 88.2 Å². The monoisotopic (exact) mass is 441 g/mol. The van der Waals surface area contributed by atoms with Crippen LogP contribution in [0.3, 0.4) is 0 Å². The van der Waals surface area contributed by atoms with E-state index in [1.54, 1.807) is 17.0 Å². The molecule has 5 unspecified atom stereocenters. The zero-order valence-corrected chi connectivity index (χ0v) is 18.5. The van der Waals surface area contributed by atoms with Crippen molar-refractivity contribution in [2.24, 2.45) is 5.92 Å². The average molecular weight is 442 g/mol. The van der Waals surface area contributed by atoms with Gasteiger partial charge in [0.05, 0.1) is 23.9 Å². The Labute approximate surface area is 188 Å². The minimum Gasteiger partial charge on any atom is -0.376 e. The number of aryl methyl sites for hydroxylation is 1. The summed E-state index contributed by atoms with van der Waals surface area (Å²) < 4.78 is 11.8. The van der Waals surface area contributed by atoms with E-state index in [0.717, 1.165) is 50.7 Å². The predicted octanol–water partition coefficient (Wildman–Crippen LogP) is 2.39. The van der Waals surface area contributed by atoms with Gasteiger partial charge in [0.15, 0.2) is 6.10 Å². The largest absolute Gasteiger partial charge is 0.376 e. The van der Waals surface area contributed by atoms with Gasteiger partial charge < -0.3 is 19.7 Å². The summed E-state index contributed by atoms with van der Waals surface area (Å²) in [7, 11) is 0. The standard InChI is InChI=1S/C24H31N3O5/c1-15-8-10-16(11-9-15)27-23(29)22-21(18-6-2-3-7-19(18)32-22)26(24(27)30)14-20(28)25-13-17-5-4-12-31-17/h8-11,17-19,21-22H,2-7,12-14H2,1H3,(H,25,28). The van der Waals surface area contributed by atoms with Crippen molar-refractivity contribution in [1.82, 2.24) is 10.2 Å². The highest BCUT2D eigenvalue weighted by molar-refractivity contribution is 6.18. The van der Waals surface area contributed by atoms with E-state index in [2.05, 4.69) is 5.32 Å². The van der Waals surface area contributed by atoms with E-state index in [0.29, 0.717) is 12.2 Å². The molecular formula is C24H31N3O5. The molecule has 4 amide bonds. The maximum atomic E-state index is 13.6. The molecule has 5 rings (SSSR count). The lowest BCUT2D eigenvalue weighted by Crippen LogP contribution is -2.66. The van der Waals surface area contributed by atoms with Crippen molar-refractivity contribution in [2.45, 2.75) is 69.8 Å². The van der Waals surface area contributed by atoms with Crippen molar-refractivity contribution in [3.8, 4) is 0 Å². The Balaban J connectivity index is 1.40. The molecule has 8 heteroatoms. The normalized spacial score (nSPS) is 32.1. The maximum absolute atomic E-state index is 13.6. The molecule has 0 radical (unpaired) electrons. The van der Waals surface area contributed by atoms with Crippen LogP contribution in [-0.4, -0.2) is 66.8 Å². The molecule has 3 saturated heterocycles. The zero-order valence-electron chi connectivity index (χ0n) is 18.5. The van der Waals surface area contributed by atoms with Gasteiger partial charge in [-0.05, 0) is 44.7 Å². The summed E-state index contributed by atoms with van der Waals surface area (Å²) in [4.78, 5) is 42.6. The Kier molecular flexibility index (Phi) is 5.90. The Morgan fingerprint density at radius 2 is 1.88 bits per heavy atom. The van der Waals surface area contributed by atoms with Crippen LogP contribution in [-0.2, 0) is 19.1 Å². The molecule has 3 aliphatic heterocycles. The number of amides is 4. The number of ether oxygens (including phenoxy) is 2. The fourth-order valence-corrected chi connectivity index (χ4v) is 5.60. The lowest BCUT2D eigenvalue weighted by atomic mass is 9.81. The van der Waals surface area contributed by atoms with Gasteiger partial charge in [-0.25, -0.2) is 9.69 Å². The van der Waals surface area contributed by atoms with Crippen molar-refractivity contribution in [3.63, 3.8) is 0 Å². The molecule has 1 aromatic rings. The van der Waals surface area contributed by atoms with Crippen LogP contribution in [0, 0.1) is 12.8 Å². The molecule has 1 N–H and O–H groups in total. The summed E-state index contributed by atoms with van der Waals surface area (Å²) in [5.41, 5.74) is 1.55. The highest BCUT2D eigenvalue weighted by Gasteiger charge is 2.58. The van der Waals surface area contributed by atoms with E-state index in [1.807, 2.05) is 19.1 Å². The summed E-state index contributed by atoms with van der Waals surface area (Å²) in [5, 5.41) is 2.92. The van der Waals surface area contributed by atoms with E-state index in [1.165, 1.54) is 4.90 Å². The number of imide groups is 1. The second-order valence-corrected chi connectivity index (χ2v) is 9.39. The van der Waals surface area contributed by atoms with Crippen LogP contribution in [0.15, 0.2) is 24.3 Å².